The SMILES string of the molecule is CCCN(CC)c1ccc(CO)c(Br)c1. The maximum atomic E-state index is 9.06. The lowest BCUT2D eigenvalue weighted by atomic mass is 10.2. The first-order chi connectivity index (χ1) is 7.22. The molecule has 1 N–H and O–H groups in total. The summed E-state index contributed by atoms with van der Waals surface area (Å²) in [7, 11) is 0. The second-order valence-corrected chi connectivity index (χ2v) is 4.37. The minimum absolute atomic E-state index is 0.0841. The number of hydrogen-bond donors (Lipinski definition) is 1. The van der Waals surface area contributed by atoms with E-state index in [0.29, 0.717) is 0 Å². The molecule has 1 aromatic rings. The summed E-state index contributed by atoms with van der Waals surface area (Å²) in [4.78, 5) is 2.33. The summed E-state index contributed by atoms with van der Waals surface area (Å²) < 4.78 is 0.983. The van der Waals surface area contributed by atoms with Gasteiger partial charge >= 0.3 is 0 Å². The summed E-state index contributed by atoms with van der Waals surface area (Å²) in [5.41, 5.74) is 2.15. The van der Waals surface area contributed by atoms with Crippen LogP contribution in [0.1, 0.15) is 25.8 Å². The number of nitrogens with zero attached hydrogens (tertiary/aromatic N) is 1. The molecule has 15 heavy (non-hydrogen) atoms. The Kier molecular flexibility index (Phi) is 5.12. The van der Waals surface area contributed by atoms with Crippen LogP contribution in [0.5, 0.6) is 0 Å². The lowest BCUT2D eigenvalue weighted by Gasteiger charge is -2.23. The summed E-state index contributed by atoms with van der Waals surface area (Å²) in [5.74, 6) is 0. The predicted octanol–water partition coefficient (Wildman–Crippen LogP) is 3.18. The van der Waals surface area contributed by atoms with Crippen molar-refractivity contribution in [3.63, 3.8) is 0 Å². The van der Waals surface area contributed by atoms with Gasteiger partial charge in [-0.15, -0.1) is 0 Å². The first-order valence-electron chi connectivity index (χ1n) is 5.37. The maximum Gasteiger partial charge on any atom is 0.0692 e. The van der Waals surface area contributed by atoms with Gasteiger partial charge in [-0.2, -0.15) is 0 Å². The van der Waals surface area contributed by atoms with Crippen molar-refractivity contribution < 1.29 is 5.11 Å². The Labute approximate surface area is 100 Å². The molecule has 0 spiro atoms. The first kappa shape index (κ1) is 12.5. The molecule has 1 aromatic carbocycles. The van der Waals surface area contributed by atoms with Crippen LogP contribution < -0.4 is 4.90 Å². The Morgan fingerprint density at radius 2 is 2.07 bits per heavy atom. The topological polar surface area (TPSA) is 23.5 Å². The van der Waals surface area contributed by atoms with Gasteiger partial charge in [-0.1, -0.05) is 28.9 Å². The molecule has 0 unspecified atom stereocenters. The largest absolute Gasteiger partial charge is 0.392 e. The fourth-order valence-electron chi connectivity index (χ4n) is 1.60. The zero-order valence-electron chi connectivity index (χ0n) is 9.33. The second kappa shape index (κ2) is 6.13. The monoisotopic (exact) mass is 271 g/mol. The molecule has 2 nitrogen and oxygen atoms in total. The van der Waals surface area contributed by atoms with Gasteiger partial charge in [0.15, 0.2) is 0 Å². The van der Waals surface area contributed by atoms with E-state index >= 15 is 0 Å². The van der Waals surface area contributed by atoms with Gasteiger partial charge in [-0.3, -0.25) is 0 Å². The van der Waals surface area contributed by atoms with Crippen LogP contribution in [0, 0.1) is 0 Å². The van der Waals surface area contributed by atoms with E-state index in [-0.39, 0.29) is 6.61 Å². The predicted molar refractivity (Wildman–Crippen MR) is 68.2 cm³/mol. The van der Waals surface area contributed by atoms with Crippen molar-refractivity contribution in [2.45, 2.75) is 26.9 Å². The Balaban J connectivity index is 2.89. The van der Waals surface area contributed by atoms with Gasteiger partial charge in [0.2, 0.25) is 0 Å². The van der Waals surface area contributed by atoms with E-state index < -0.39 is 0 Å². The fourth-order valence-corrected chi connectivity index (χ4v) is 2.09. The van der Waals surface area contributed by atoms with Crippen LogP contribution in [-0.4, -0.2) is 18.2 Å². The lowest BCUT2D eigenvalue weighted by molar-refractivity contribution is 0.281. The van der Waals surface area contributed by atoms with Crippen molar-refractivity contribution in [1.82, 2.24) is 0 Å². The number of benzene rings is 1. The van der Waals surface area contributed by atoms with E-state index in [9.17, 15) is 0 Å². The van der Waals surface area contributed by atoms with Gasteiger partial charge in [0.1, 0.15) is 0 Å². The van der Waals surface area contributed by atoms with Crippen LogP contribution in [0.25, 0.3) is 0 Å². The molecule has 0 saturated carbocycles. The van der Waals surface area contributed by atoms with Crippen molar-refractivity contribution in [3.05, 3.63) is 28.2 Å². The number of hydrogen-bond acceptors (Lipinski definition) is 2. The molecule has 84 valence electrons. The van der Waals surface area contributed by atoms with E-state index in [1.54, 1.807) is 0 Å². The van der Waals surface area contributed by atoms with Crippen LogP contribution in [-0.2, 0) is 6.61 Å². The van der Waals surface area contributed by atoms with Crippen molar-refractivity contribution in [1.29, 1.82) is 0 Å². The molecule has 0 aliphatic carbocycles. The minimum atomic E-state index is 0.0841. The zero-order chi connectivity index (χ0) is 11.3. The average molecular weight is 272 g/mol. The van der Waals surface area contributed by atoms with Crippen LogP contribution in [0.4, 0.5) is 5.69 Å². The third-order valence-electron chi connectivity index (χ3n) is 2.45. The molecule has 0 aromatic heterocycles. The average Bonchev–Trinajstić information content (AvgIpc) is 2.25. The van der Waals surface area contributed by atoms with Gasteiger partial charge in [0, 0.05) is 23.2 Å². The van der Waals surface area contributed by atoms with Gasteiger partial charge < -0.3 is 10.0 Å². The van der Waals surface area contributed by atoms with Crippen molar-refractivity contribution in [3.8, 4) is 0 Å². The molecule has 0 saturated heterocycles. The molecule has 0 aliphatic heterocycles. The minimum Gasteiger partial charge on any atom is -0.392 e. The number of aliphatic hydroxyl groups is 1. The van der Waals surface area contributed by atoms with Crippen LogP contribution in [0.15, 0.2) is 22.7 Å². The summed E-state index contributed by atoms with van der Waals surface area (Å²) in [6.07, 6.45) is 1.15. The highest BCUT2D eigenvalue weighted by Crippen LogP contribution is 2.24. The van der Waals surface area contributed by atoms with Gasteiger partial charge in [0.05, 0.1) is 6.61 Å². The Hall–Kier alpha value is -0.540. The van der Waals surface area contributed by atoms with E-state index in [4.69, 9.17) is 5.11 Å². The zero-order valence-corrected chi connectivity index (χ0v) is 10.9. The highest BCUT2D eigenvalue weighted by atomic mass is 79.9. The maximum absolute atomic E-state index is 9.06. The van der Waals surface area contributed by atoms with Gasteiger partial charge in [-0.05, 0) is 31.0 Å². The quantitative estimate of drug-likeness (QED) is 0.889. The molecule has 0 amide bonds. The summed E-state index contributed by atoms with van der Waals surface area (Å²) in [6, 6.07) is 6.11. The van der Waals surface area contributed by atoms with Crippen molar-refractivity contribution >= 4 is 21.6 Å². The van der Waals surface area contributed by atoms with Crippen LogP contribution in [0.2, 0.25) is 0 Å². The van der Waals surface area contributed by atoms with E-state index in [2.05, 4.69) is 46.8 Å². The molecule has 0 radical (unpaired) electrons. The number of halogens is 1. The molecule has 3 heteroatoms. The third-order valence-corrected chi connectivity index (χ3v) is 3.19. The van der Waals surface area contributed by atoms with Gasteiger partial charge in [-0.25, -0.2) is 0 Å². The Bertz CT molecular complexity index is 314. The number of anilines is 1. The summed E-state index contributed by atoms with van der Waals surface area (Å²) in [5, 5.41) is 9.06. The molecule has 0 fully saturated rings. The number of rotatable bonds is 5. The highest BCUT2D eigenvalue weighted by molar-refractivity contribution is 9.10. The van der Waals surface area contributed by atoms with Crippen molar-refractivity contribution in [2.75, 3.05) is 18.0 Å². The second-order valence-electron chi connectivity index (χ2n) is 3.51. The summed E-state index contributed by atoms with van der Waals surface area (Å²) in [6.45, 7) is 6.50. The molecule has 0 heterocycles. The van der Waals surface area contributed by atoms with Gasteiger partial charge in [0.25, 0.3) is 0 Å². The molecule has 0 atom stereocenters. The molecule has 1 rings (SSSR count). The Morgan fingerprint density at radius 3 is 2.53 bits per heavy atom. The molecule has 0 aliphatic rings. The smallest absolute Gasteiger partial charge is 0.0692 e. The van der Waals surface area contributed by atoms with E-state index in [1.807, 2.05) is 6.07 Å². The molecular weight excluding hydrogens is 254 g/mol. The van der Waals surface area contributed by atoms with Crippen molar-refractivity contribution in [2.24, 2.45) is 0 Å². The molecule has 0 bridgehead atoms. The van der Waals surface area contributed by atoms with E-state index in [0.717, 1.165) is 29.5 Å². The normalized spacial score (nSPS) is 10.4. The van der Waals surface area contributed by atoms with Crippen LogP contribution in [0.3, 0.4) is 0 Å². The number of aliphatic hydroxyl groups excluding tert-OH is 1. The van der Waals surface area contributed by atoms with Crippen LogP contribution >= 0.6 is 15.9 Å². The lowest BCUT2D eigenvalue weighted by Crippen LogP contribution is -2.23. The molecular formula is C12H18BrNO. The van der Waals surface area contributed by atoms with E-state index in [1.165, 1.54) is 5.69 Å². The summed E-state index contributed by atoms with van der Waals surface area (Å²) >= 11 is 3.47. The first-order valence-corrected chi connectivity index (χ1v) is 6.16. The third kappa shape index (κ3) is 3.21. The fraction of sp³-hybridized carbons (Fsp3) is 0.500. The highest BCUT2D eigenvalue weighted by Gasteiger charge is 2.05. The standard InChI is InChI=1S/C12H18BrNO/c1-3-7-14(4-2)11-6-5-10(9-15)12(13)8-11/h5-6,8,15H,3-4,7,9H2,1-2H3. The Morgan fingerprint density at radius 1 is 1.33 bits per heavy atom.